The highest BCUT2D eigenvalue weighted by Gasteiger charge is 2.22. The molecule has 0 amide bonds. The van der Waals surface area contributed by atoms with Gasteiger partial charge < -0.3 is 13.4 Å². The van der Waals surface area contributed by atoms with Crippen molar-refractivity contribution in [1.82, 2.24) is 19.5 Å². The number of rotatable bonds is 7. The van der Waals surface area contributed by atoms with Crippen molar-refractivity contribution in [3.63, 3.8) is 0 Å². The van der Waals surface area contributed by atoms with E-state index in [0.29, 0.717) is 17.5 Å². The Morgan fingerprint density at radius 3 is 1.59 bits per heavy atom. The van der Waals surface area contributed by atoms with Crippen molar-refractivity contribution in [3.05, 3.63) is 231 Å². The summed E-state index contributed by atoms with van der Waals surface area (Å²) < 4.78 is 16.0. The average Bonchev–Trinajstić information content (AvgIpc) is 4.10. The largest absolute Gasteiger partial charge is 0.456 e. The number of fused-ring (bicyclic) bond motifs is 9. The molecule has 0 radical (unpaired) electrons. The van der Waals surface area contributed by atoms with Gasteiger partial charge in [0.2, 0.25) is 0 Å². The second-order valence-corrected chi connectivity index (χ2v) is 17.5. The lowest BCUT2D eigenvalue weighted by Gasteiger charge is -2.11. The van der Waals surface area contributed by atoms with Gasteiger partial charge in [-0.05, 0) is 82.4 Å². The molecule has 0 atom stereocenters. The Bertz CT molecular complexity index is 4290. The molecule has 0 spiro atoms. The molecule has 6 heteroatoms. The molecule has 0 aliphatic heterocycles. The van der Waals surface area contributed by atoms with Gasteiger partial charge in [0.1, 0.15) is 22.3 Å². The number of nitrogens with zero attached hydrogens (tertiary/aromatic N) is 4. The minimum absolute atomic E-state index is 0.540. The second-order valence-electron chi connectivity index (χ2n) is 17.5. The molecule has 0 unspecified atom stereocenters. The topological polar surface area (TPSA) is 69.9 Å². The lowest BCUT2D eigenvalue weighted by Crippen LogP contribution is -2.00. The van der Waals surface area contributed by atoms with Crippen LogP contribution in [0, 0.1) is 0 Å². The molecule has 6 nitrogen and oxygen atoms in total. The third kappa shape index (κ3) is 6.45. The van der Waals surface area contributed by atoms with Crippen molar-refractivity contribution in [3.8, 4) is 73.2 Å². The zero-order chi connectivity index (χ0) is 45.4. The van der Waals surface area contributed by atoms with Gasteiger partial charge in [-0.1, -0.05) is 176 Å². The lowest BCUT2D eigenvalue weighted by molar-refractivity contribution is 0.668. The van der Waals surface area contributed by atoms with Crippen LogP contribution in [0.2, 0.25) is 0 Å². The maximum absolute atomic E-state index is 6.95. The van der Waals surface area contributed by atoms with Crippen molar-refractivity contribution in [2.24, 2.45) is 0 Å². The maximum atomic E-state index is 6.95. The third-order valence-electron chi connectivity index (χ3n) is 13.5. The first-order valence-corrected chi connectivity index (χ1v) is 23.2. The van der Waals surface area contributed by atoms with Crippen molar-refractivity contribution < 1.29 is 8.83 Å². The van der Waals surface area contributed by atoms with Crippen LogP contribution in [0.1, 0.15) is 0 Å². The molecular weight excluding hydrogens is 845 g/mol. The van der Waals surface area contributed by atoms with Crippen LogP contribution in [0.5, 0.6) is 0 Å². The molecular formula is C63H38N4O2. The van der Waals surface area contributed by atoms with Crippen LogP contribution in [-0.4, -0.2) is 19.5 Å². The summed E-state index contributed by atoms with van der Waals surface area (Å²) in [6.07, 6.45) is 0. The first-order valence-electron chi connectivity index (χ1n) is 23.2. The van der Waals surface area contributed by atoms with Gasteiger partial charge in [0.05, 0.1) is 11.0 Å². The summed E-state index contributed by atoms with van der Waals surface area (Å²) in [7, 11) is 0. The predicted molar refractivity (Wildman–Crippen MR) is 281 cm³/mol. The summed E-state index contributed by atoms with van der Waals surface area (Å²) in [6.45, 7) is 0. The fourth-order valence-corrected chi connectivity index (χ4v) is 10.2. The van der Waals surface area contributed by atoms with Gasteiger partial charge in [0.15, 0.2) is 17.5 Å². The quantitative estimate of drug-likeness (QED) is 0.159. The molecule has 4 aromatic heterocycles. The number of benzene rings is 10. The maximum Gasteiger partial charge on any atom is 0.164 e. The van der Waals surface area contributed by atoms with E-state index >= 15 is 0 Å². The van der Waals surface area contributed by atoms with Gasteiger partial charge >= 0.3 is 0 Å². The Kier molecular flexibility index (Phi) is 8.79. The molecule has 0 aliphatic rings. The monoisotopic (exact) mass is 882 g/mol. The fraction of sp³-hybridized carbons (Fsp3) is 0. The number of aromatic nitrogens is 4. The zero-order valence-electron chi connectivity index (χ0n) is 37.0. The number of furan rings is 2. The van der Waals surface area contributed by atoms with Gasteiger partial charge in [0, 0.05) is 60.3 Å². The Hall–Kier alpha value is -9.39. The normalized spacial score (nSPS) is 11.8. The van der Waals surface area contributed by atoms with E-state index in [2.05, 4.69) is 187 Å². The van der Waals surface area contributed by atoms with Gasteiger partial charge in [0.25, 0.3) is 0 Å². The van der Waals surface area contributed by atoms with Crippen molar-refractivity contribution in [1.29, 1.82) is 0 Å². The van der Waals surface area contributed by atoms with Crippen LogP contribution in [-0.2, 0) is 0 Å². The first-order chi connectivity index (χ1) is 34.2. The van der Waals surface area contributed by atoms with E-state index in [9.17, 15) is 0 Å². The van der Waals surface area contributed by atoms with Crippen molar-refractivity contribution >= 4 is 65.7 Å². The van der Waals surface area contributed by atoms with E-state index in [1.165, 1.54) is 21.9 Å². The summed E-state index contributed by atoms with van der Waals surface area (Å²) in [4.78, 5) is 15.4. The van der Waals surface area contributed by atoms with E-state index < -0.39 is 0 Å². The smallest absolute Gasteiger partial charge is 0.164 e. The van der Waals surface area contributed by atoms with Crippen LogP contribution >= 0.6 is 0 Å². The number of hydrogen-bond donors (Lipinski definition) is 0. The molecule has 10 aromatic carbocycles. The number of hydrogen-bond acceptors (Lipinski definition) is 5. The molecule has 14 rings (SSSR count). The zero-order valence-corrected chi connectivity index (χ0v) is 37.0. The van der Waals surface area contributed by atoms with E-state index in [4.69, 9.17) is 23.8 Å². The Morgan fingerprint density at radius 2 is 0.841 bits per heavy atom. The lowest BCUT2D eigenvalue weighted by atomic mass is 9.95. The van der Waals surface area contributed by atoms with Gasteiger partial charge in [-0.2, -0.15) is 0 Å². The van der Waals surface area contributed by atoms with Crippen LogP contribution in [0.25, 0.3) is 139 Å². The second kappa shape index (κ2) is 15.6. The average molecular weight is 883 g/mol. The molecule has 14 aromatic rings. The Labute approximate surface area is 396 Å². The summed E-state index contributed by atoms with van der Waals surface area (Å²) in [5.74, 6) is 1.71. The molecule has 0 N–H and O–H groups in total. The summed E-state index contributed by atoms with van der Waals surface area (Å²) in [5.41, 5.74) is 15.7. The van der Waals surface area contributed by atoms with Crippen LogP contribution < -0.4 is 0 Å². The third-order valence-corrected chi connectivity index (χ3v) is 13.5. The molecule has 0 saturated heterocycles. The summed E-state index contributed by atoms with van der Waals surface area (Å²) >= 11 is 0. The number of para-hydroxylation sites is 3. The van der Waals surface area contributed by atoms with E-state index in [0.717, 1.165) is 99.5 Å². The highest BCUT2D eigenvalue weighted by Crippen LogP contribution is 2.45. The first kappa shape index (κ1) is 38.8. The molecule has 0 fully saturated rings. The highest BCUT2D eigenvalue weighted by molar-refractivity contribution is 6.18. The minimum atomic E-state index is 0.540. The van der Waals surface area contributed by atoms with Crippen LogP contribution in [0.15, 0.2) is 239 Å². The summed E-state index contributed by atoms with van der Waals surface area (Å²) in [6, 6.07) is 80.4. The Balaban J connectivity index is 0.946. The molecule has 0 saturated carbocycles. The molecule has 0 aliphatic carbocycles. The SMILES string of the molecule is c1ccc(-c2ccc(-c3nc(-c4ccccc4)nc(-c4cc(-c5cccc6c5oc5ccc(-n7c8ccccc8c8cc(-c9ccccc9)ccc87)cc56)c5c(c4)oc4ccccc45)n3)cc2)cc1. The molecule has 69 heavy (non-hydrogen) atoms. The standard InChI is InChI=1S/C63H38N4O2/c1-4-15-39(16-5-1)41-27-29-43(30-28-41)62-64-61(42-19-8-3-9-20-42)65-63(66-62)45-36-53(59-50-22-11-13-26-56(50)68-58(59)37-45)49-24-14-23-48-52-38-46(32-34-57(52)69-60(48)49)67-54-25-12-10-21-47(54)51-35-44(31-33-55(51)67)40-17-6-2-7-18-40/h1-38H. The van der Waals surface area contributed by atoms with E-state index in [-0.39, 0.29) is 0 Å². The van der Waals surface area contributed by atoms with Crippen molar-refractivity contribution in [2.45, 2.75) is 0 Å². The van der Waals surface area contributed by atoms with Crippen LogP contribution in [0.3, 0.4) is 0 Å². The predicted octanol–water partition coefficient (Wildman–Crippen LogP) is 16.8. The van der Waals surface area contributed by atoms with Crippen molar-refractivity contribution in [2.75, 3.05) is 0 Å². The highest BCUT2D eigenvalue weighted by atomic mass is 16.3. The molecule has 322 valence electrons. The Morgan fingerprint density at radius 1 is 0.290 bits per heavy atom. The van der Waals surface area contributed by atoms with E-state index in [1.54, 1.807) is 0 Å². The fourth-order valence-electron chi connectivity index (χ4n) is 10.2. The minimum Gasteiger partial charge on any atom is -0.456 e. The van der Waals surface area contributed by atoms with Gasteiger partial charge in [-0.15, -0.1) is 0 Å². The van der Waals surface area contributed by atoms with E-state index in [1.807, 2.05) is 48.5 Å². The van der Waals surface area contributed by atoms with Crippen LogP contribution in [0.4, 0.5) is 0 Å². The molecule has 4 heterocycles. The molecule has 0 bridgehead atoms. The van der Waals surface area contributed by atoms with Gasteiger partial charge in [-0.25, -0.2) is 15.0 Å². The van der Waals surface area contributed by atoms with Gasteiger partial charge in [-0.3, -0.25) is 0 Å². The summed E-state index contributed by atoms with van der Waals surface area (Å²) in [5, 5.41) is 6.50.